The van der Waals surface area contributed by atoms with Gasteiger partial charge in [0.15, 0.2) is 6.10 Å². The van der Waals surface area contributed by atoms with Gasteiger partial charge in [-0.25, -0.2) is 4.57 Å². The van der Waals surface area contributed by atoms with Crippen molar-refractivity contribution in [2.24, 2.45) is 5.92 Å². The van der Waals surface area contributed by atoms with Crippen LogP contribution >= 0.6 is 7.82 Å². The summed E-state index contributed by atoms with van der Waals surface area (Å²) >= 11 is 0. The maximum absolute atomic E-state index is 12.6. The summed E-state index contributed by atoms with van der Waals surface area (Å²) in [5.41, 5.74) is 0. The molecule has 1 rings (SSSR count). The van der Waals surface area contributed by atoms with Gasteiger partial charge >= 0.3 is 19.8 Å². The molecule has 0 bridgehead atoms. The minimum atomic E-state index is -4.64. The topological polar surface area (TPSA) is 161 Å². The Morgan fingerprint density at radius 2 is 1.15 bits per heavy atom. The van der Waals surface area contributed by atoms with E-state index in [0.29, 0.717) is 31.5 Å². The van der Waals surface area contributed by atoms with Gasteiger partial charge in [0, 0.05) is 12.8 Å². The maximum Gasteiger partial charge on any atom is 0.472 e. The lowest BCUT2D eigenvalue weighted by atomic mass is 10.0. The number of carbonyl (C=O) groups excluding carboxylic acids is 2. The van der Waals surface area contributed by atoms with E-state index in [1.807, 2.05) is 6.08 Å². The highest BCUT2D eigenvalue weighted by Gasteiger charge is 2.36. The van der Waals surface area contributed by atoms with Crippen molar-refractivity contribution in [3.8, 4) is 0 Å². The number of rotatable bonds is 42. The summed E-state index contributed by atoms with van der Waals surface area (Å²) in [4.78, 5) is 35.1. The van der Waals surface area contributed by atoms with Crippen LogP contribution in [-0.2, 0) is 37.4 Å². The number of hydrogen-bond acceptors (Lipinski definition) is 10. The summed E-state index contributed by atoms with van der Waals surface area (Å²) < 4.78 is 38.5. The van der Waals surface area contributed by atoms with Gasteiger partial charge in [0.1, 0.15) is 12.7 Å². The Labute approximate surface area is 358 Å². The Morgan fingerprint density at radius 3 is 1.75 bits per heavy atom. The molecular formula is C47H85O11P. The molecule has 0 aliphatic carbocycles. The van der Waals surface area contributed by atoms with Crippen molar-refractivity contribution in [1.29, 1.82) is 0 Å². The average Bonchev–Trinajstić information content (AvgIpc) is 3.97. The van der Waals surface area contributed by atoms with Crippen LogP contribution in [0, 0.1) is 5.92 Å². The van der Waals surface area contributed by atoms with Crippen molar-refractivity contribution in [3.05, 3.63) is 36.5 Å². The predicted molar refractivity (Wildman–Crippen MR) is 237 cm³/mol. The van der Waals surface area contributed by atoms with E-state index in [1.165, 1.54) is 96.3 Å². The molecule has 1 heterocycles. The second kappa shape index (κ2) is 37.9. The lowest BCUT2D eigenvalue weighted by Crippen LogP contribution is -2.29. The Morgan fingerprint density at radius 1 is 0.644 bits per heavy atom. The quantitative estimate of drug-likeness (QED) is 0.0176. The van der Waals surface area contributed by atoms with Crippen molar-refractivity contribution in [2.75, 3.05) is 26.4 Å². The fourth-order valence-corrected chi connectivity index (χ4v) is 7.41. The molecular weight excluding hydrogens is 771 g/mol. The molecule has 3 N–H and O–H groups in total. The van der Waals surface area contributed by atoms with E-state index in [0.717, 1.165) is 50.9 Å². The van der Waals surface area contributed by atoms with Gasteiger partial charge in [0.25, 0.3) is 0 Å². The highest BCUT2D eigenvalue weighted by Crippen LogP contribution is 2.43. The van der Waals surface area contributed by atoms with Crippen LogP contribution in [0.3, 0.4) is 0 Å². The molecule has 0 amide bonds. The SMILES string of the molecule is CCCCC/C=C\CC1OC1C/C=C\C/C=C\CCCC(=O)O[C@H](COC(=O)CCCCCCCCCCCCCCCCCC(C)C)COP(=O)(O)OC[C@@H](O)CO. The smallest absolute Gasteiger partial charge is 0.462 e. The summed E-state index contributed by atoms with van der Waals surface area (Å²) in [6, 6.07) is 0. The van der Waals surface area contributed by atoms with Crippen molar-refractivity contribution in [1.82, 2.24) is 0 Å². The fourth-order valence-electron chi connectivity index (χ4n) is 6.62. The largest absolute Gasteiger partial charge is 0.472 e. The third kappa shape index (κ3) is 36.5. The average molecular weight is 857 g/mol. The molecule has 59 heavy (non-hydrogen) atoms. The number of aliphatic hydroxyl groups is 2. The number of unbranched alkanes of at least 4 members (excludes halogenated alkanes) is 18. The van der Waals surface area contributed by atoms with Crippen LogP contribution in [0.1, 0.15) is 194 Å². The summed E-state index contributed by atoms with van der Waals surface area (Å²) in [6.45, 7) is 4.64. The molecule has 3 unspecified atom stereocenters. The standard InChI is InChI=1S/C47H85O11P/c1-4-5-6-7-23-28-33-44-45(58-44)34-29-24-19-17-21-26-31-36-47(51)57-43(40-56-59(52,53)55-38-42(49)37-48)39-54-46(50)35-30-25-20-16-14-12-10-8-9-11-13-15-18-22-27-32-41(2)3/h17,21,23-24,28-29,41-45,48-49H,4-16,18-20,22,25-27,30-40H2,1-3H3,(H,52,53)/b21-17-,28-23-,29-24-/t42-,43+,44?,45?/m0/s1. The number of carbonyl (C=O) groups is 2. The first-order valence-electron chi connectivity index (χ1n) is 23.4. The normalized spacial score (nSPS) is 17.6. The van der Waals surface area contributed by atoms with Crippen LogP contribution in [0.4, 0.5) is 0 Å². The van der Waals surface area contributed by atoms with Crippen molar-refractivity contribution >= 4 is 19.8 Å². The van der Waals surface area contributed by atoms with Gasteiger partial charge < -0.3 is 29.3 Å². The first-order valence-corrected chi connectivity index (χ1v) is 24.9. The van der Waals surface area contributed by atoms with Gasteiger partial charge in [-0.1, -0.05) is 166 Å². The van der Waals surface area contributed by atoms with Gasteiger partial charge in [0.05, 0.1) is 32.0 Å². The Kier molecular flexibility index (Phi) is 35.4. The molecule has 1 aliphatic heterocycles. The Hall–Kier alpha value is -1.85. The molecule has 5 atom stereocenters. The molecule has 1 fully saturated rings. The van der Waals surface area contributed by atoms with E-state index in [4.69, 9.17) is 28.4 Å². The highest BCUT2D eigenvalue weighted by atomic mass is 31.2. The summed E-state index contributed by atoms with van der Waals surface area (Å²) in [5, 5.41) is 18.4. The van der Waals surface area contributed by atoms with Gasteiger partial charge in [-0.2, -0.15) is 0 Å². The number of phosphoric acid groups is 1. The molecule has 1 aliphatic rings. The van der Waals surface area contributed by atoms with E-state index in [9.17, 15) is 24.2 Å². The lowest BCUT2D eigenvalue weighted by molar-refractivity contribution is -0.161. The van der Waals surface area contributed by atoms with E-state index < -0.39 is 51.8 Å². The molecule has 12 heteroatoms. The van der Waals surface area contributed by atoms with Crippen molar-refractivity contribution in [2.45, 2.75) is 219 Å². The highest BCUT2D eigenvalue weighted by molar-refractivity contribution is 7.47. The number of aliphatic hydroxyl groups excluding tert-OH is 2. The predicted octanol–water partition coefficient (Wildman–Crippen LogP) is 11.6. The van der Waals surface area contributed by atoms with E-state index >= 15 is 0 Å². The minimum absolute atomic E-state index is 0.104. The molecule has 344 valence electrons. The summed E-state index contributed by atoms with van der Waals surface area (Å²) in [5.74, 6) is -0.164. The molecule has 1 saturated heterocycles. The van der Waals surface area contributed by atoms with Crippen LogP contribution in [0.15, 0.2) is 36.5 Å². The van der Waals surface area contributed by atoms with Crippen LogP contribution in [0.2, 0.25) is 0 Å². The zero-order valence-electron chi connectivity index (χ0n) is 37.3. The number of hydrogen-bond donors (Lipinski definition) is 3. The third-order valence-electron chi connectivity index (χ3n) is 10.4. The monoisotopic (exact) mass is 857 g/mol. The zero-order valence-corrected chi connectivity index (χ0v) is 38.2. The molecule has 0 spiro atoms. The molecule has 0 aromatic rings. The van der Waals surface area contributed by atoms with Crippen molar-refractivity contribution < 1.29 is 52.5 Å². The van der Waals surface area contributed by atoms with Gasteiger partial charge in [-0.05, 0) is 57.3 Å². The number of phosphoric ester groups is 1. The number of ether oxygens (including phenoxy) is 3. The fraction of sp³-hybridized carbons (Fsp3) is 0.830. The van der Waals surface area contributed by atoms with Crippen LogP contribution in [0.5, 0.6) is 0 Å². The van der Waals surface area contributed by atoms with Gasteiger partial charge in [-0.3, -0.25) is 18.6 Å². The first kappa shape index (κ1) is 55.2. The third-order valence-corrected chi connectivity index (χ3v) is 11.3. The van der Waals surface area contributed by atoms with E-state index in [-0.39, 0.29) is 19.4 Å². The summed E-state index contributed by atoms with van der Waals surface area (Å²) in [6.07, 6.45) is 40.0. The maximum atomic E-state index is 12.6. The van der Waals surface area contributed by atoms with Crippen molar-refractivity contribution in [3.63, 3.8) is 0 Å². The van der Waals surface area contributed by atoms with Gasteiger partial charge in [0.2, 0.25) is 0 Å². The molecule has 0 radical (unpaired) electrons. The first-order chi connectivity index (χ1) is 28.6. The second-order valence-corrected chi connectivity index (χ2v) is 18.1. The number of allylic oxidation sites excluding steroid dienone is 4. The molecule has 11 nitrogen and oxygen atoms in total. The Balaban J connectivity index is 2.25. The van der Waals surface area contributed by atoms with Gasteiger partial charge in [-0.15, -0.1) is 0 Å². The summed E-state index contributed by atoms with van der Waals surface area (Å²) in [7, 11) is -4.64. The van der Waals surface area contributed by atoms with Crippen LogP contribution < -0.4 is 0 Å². The van der Waals surface area contributed by atoms with E-state index in [2.05, 4.69) is 51.2 Å². The second-order valence-electron chi connectivity index (χ2n) is 16.6. The minimum Gasteiger partial charge on any atom is -0.462 e. The number of esters is 2. The lowest BCUT2D eigenvalue weighted by Gasteiger charge is -2.20. The number of epoxide rings is 1. The Bertz CT molecular complexity index is 1160. The molecule has 0 aromatic heterocycles. The van der Waals surface area contributed by atoms with Crippen LogP contribution in [0.25, 0.3) is 0 Å². The van der Waals surface area contributed by atoms with Crippen LogP contribution in [-0.4, -0.2) is 77.9 Å². The molecule has 0 saturated carbocycles. The van der Waals surface area contributed by atoms with E-state index in [1.54, 1.807) is 0 Å². The zero-order chi connectivity index (χ0) is 43.2. The molecule has 0 aromatic carbocycles.